The number of hydrogen-bond donors (Lipinski definition) is 1. The van der Waals surface area contributed by atoms with Crippen molar-refractivity contribution >= 4 is 0 Å². The molecule has 0 aromatic heterocycles. The van der Waals surface area contributed by atoms with E-state index in [1.54, 1.807) is 0 Å². The first-order valence-electron chi connectivity index (χ1n) is 8.15. The maximum Gasteiger partial charge on any atom is 0.0517 e. The minimum atomic E-state index is 0.336. The molecule has 0 saturated carbocycles. The Morgan fingerprint density at radius 3 is 2.47 bits per heavy atom. The van der Waals surface area contributed by atoms with Gasteiger partial charge in [0, 0.05) is 6.61 Å². The van der Waals surface area contributed by atoms with Crippen LogP contribution in [-0.4, -0.2) is 50.8 Å². The van der Waals surface area contributed by atoms with Crippen LogP contribution < -0.4 is 5.32 Å². The van der Waals surface area contributed by atoms with Gasteiger partial charge in [0.05, 0.1) is 6.61 Å². The summed E-state index contributed by atoms with van der Waals surface area (Å²) in [6.07, 6.45) is 6.40. The van der Waals surface area contributed by atoms with Crippen LogP contribution in [0.2, 0.25) is 0 Å². The molecule has 19 heavy (non-hydrogen) atoms. The van der Waals surface area contributed by atoms with Gasteiger partial charge in [0.1, 0.15) is 0 Å². The summed E-state index contributed by atoms with van der Waals surface area (Å²) in [5, 5.41) is 3.51. The Labute approximate surface area is 120 Å². The second kappa shape index (κ2) is 9.73. The summed E-state index contributed by atoms with van der Waals surface area (Å²) < 4.78 is 5.73. The zero-order valence-corrected chi connectivity index (χ0v) is 13.3. The van der Waals surface area contributed by atoms with Crippen molar-refractivity contribution in [1.29, 1.82) is 0 Å². The Bertz CT molecular complexity index is 213. The molecule has 0 unspecified atom stereocenters. The molecule has 3 nitrogen and oxygen atoms in total. The van der Waals surface area contributed by atoms with Crippen LogP contribution >= 0.6 is 0 Å². The first-order valence-corrected chi connectivity index (χ1v) is 8.15. The fraction of sp³-hybridized carbons (Fsp3) is 1.00. The molecule has 0 aromatic rings. The first kappa shape index (κ1) is 16.9. The molecule has 0 atom stereocenters. The van der Waals surface area contributed by atoms with Crippen molar-refractivity contribution in [3.8, 4) is 0 Å². The Hall–Kier alpha value is -0.120. The van der Waals surface area contributed by atoms with E-state index in [0.29, 0.717) is 5.41 Å². The summed E-state index contributed by atoms with van der Waals surface area (Å²) in [6, 6.07) is 0. The Kier molecular flexibility index (Phi) is 8.67. The summed E-state index contributed by atoms with van der Waals surface area (Å²) in [7, 11) is 0. The van der Waals surface area contributed by atoms with Gasteiger partial charge in [0.2, 0.25) is 0 Å². The molecule has 1 saturated heterocycles. The molecule has 1 fully saturated rings. The highest BCUT2D eigenvalue weighted by atomic mass is 16.5. The van der Waals surface area contributed by atoms with E-state index < -0.39 is 0 Å². The number of nitrogens with zero attached hydrogens (tertiary/aromatic N) is 1. The molecule has 1 aliphatic heterocycles. The molecule has 0 bridgehead atoms. The van der Waals surface area contributed by atoms with Crippen LogP contribution in [0.1, 0.15) is 52.9 Å². The van der Waals surface area contributed by atoms with Crippen LogP contribution in [0.5, 0.6) is 0 Å². The average Bonchev–Trinajstić information content (AvgIpc) is 2.90. The van der Waals surface area contributed by atoms with Gasteiger partial charge >= 0.3 is 0 Å². The van der Waals surface area contributed by atoms with Crippen LogP contribution in [-0.2, 0) is 4.74 Å². The molecule has 0 amide bonds. The molecular formula is C16H34N2O. The molecule has 1 rings (SSSR count). The first-order chi connectivity index (χ1) is 9.14. The summed E-state index contributed by atoms with van der Waals surface area (Å²) in [5.74, 6) is 0. The van der Waals surface area contributed by atoms with Crippen molar-refractivity contribution in [2.45, 2.75) is 52.9 Å². The lowest BCUT2D eigenvalue weighted by Crippen LogP contribution is -2.26. The van der Waals surface area contributed by atoms with E-state index >= 15 is 0 Å². The third-order valence-electron chi connectivity index (χ3n) is 4.12. The third-order valence-corrected chi connectivity index (χ3v) is 4.12. The molecular weight excluding hydrogens is 236 g/mol. The van der Waals surface area contributed by atoms with Crippen molar-refractivity contribution < 1.29 is 4.74 Å². The van der Waals surface area contributed by atoms with E-state index in [1.165, 1.54) is 45.3 Å². The molecule has 0 radical (unpaired) electrons. The van der Waals surface area contributed by atoms with Crippen LogP contribution in [0.15, 0.2) is 0 Å². The lowest BCUT2D eigenvalue weighted by atomic mass is 9.92. The Morgan fingerprint density at radius 1 is 1.11 bits per heavy atom. The lowest BCUT2D eigenvalue weighted by molar-refractivity contribution is 0.0590. The van der Waals surface area contributed by atoms with E-state index in [0.717, 1.165) is 32.7 Å². The number of nitrogens with one attached hydrogen (secondary N) is 1. The van der Waals surface area contributed by atoms with Crippen molar-refractivity contribution in [3.05, 3.63) is 0 Å². The van der Waals surface area contributed by atoms with E-state index in [9.17, 15) is 0 Å². The standard InChI is InChI=1S/C16H34N2O/c1-4-16(2,3)15-19-14-8-10-17-9-7-13-18-11-5-6-12-18/h17H,4-15H2,1-3H3. The van der Waals surface area contributed by atoms with Crippen LogP contribution in [0.25, 0.3) is 0 Å². The van der Waals surface area contributed by atoms with Crippen molar-refractivity contribution in [2.75, 3.05) is 45.9 Å². The van der Waals surface area contributed by atoms with Crippen LogP contribution in [0.4, 0.5) is 0 Å². The van der Waals surface area contributed by atoms with Gasteiger partial charge in [-0.1, -0.05) is 20.8 Å². The number of rotatable bonds is 11. The quantitative estimate of drug-likeness (QED) is 0.584. The van der Waals surface area contributed by atoms with E-state index in [2.05, 4.69) is 31.0 Å². The number of likely N-dealkylation sites (tertiary alicyclic amines) is 1. The van der Waals surface area contributed by atoms with Crippen molar-refractivity contribution in [3.63, 3.8) is 0 Å². The molecule has 0 aromatic carbocycles. The molecule has 0 spiro atoms. The number of hydrogen-bond acceptors (Lipinski definition) is 3. The minimum Gasteiger partial charge on any atom is -0.381 e. The van der Waals surface area contributed by atoms with Gasteiger partial charge in [-0.15, -0.1) is 0 Å². The van der Waals surface area contributed by atoms with Gasteiger partial charge in [-0.3, -0.25) is 0 Å². The second-order valence-corrected chi connectivity index (χ2v) is 6.58. The molecule has 1 N–H and O–H groups in total. The molecule has 114 valence electrons. The van der Waals surface area contributed by atoms with E-state index in [1.807, 2.05) is 0 Å². The average molecular weight is 270 g/mol. The SMILES string of the molecule is CCC(C)(C)COCCCNCCCN1CCCC1. The monoisotopic (exact) mass is 270 g/mol. The van der Waals surface area contributed by atoms with E-state index in [4.69, 9.17) is 4.74 Å². The fourth-order valence-electron chi connectivity index (χ4n) is 2.31. The van der Waals surface area contributed by atoms with Crippen molar-refractivity contribution in [2.24, 2.45) is 5.41 Å². The van der Waals surface area contributed by atoms with E-state index in [-0.39, 0.29) is 0 Å². The highest BCUT2D eigenvalue weighted by molar-refractivity contribution is 4.66. The van der Waals surface area contributed by atoms with Crippen molar-refractivity contribution in [1.82, 2.24) is 10.2 Å². The minimum absolute atomic E-state index is 0.336. The molecule has 0 aliphatic carbocycles. The van der Waals surface area contributed by atoms with Crippen LogP contribution in [0.3, 0.4) is 0 Å². The summed E-state index contributed by atoms with van der Waals surface area (Å²) in [5.41, 5.74) is 0.336. The highest BCUT2D eigenvalue weighted by Crippen LogP contribution is 2.19. The lowest BCUT2D eigenvalue weighted by Gasteiger charge is -2.22. The van der Waals surface area contributed by atoms with Gasteiger partial charge < -0.3 is 15.0 Å². The van der Waals surface area contributed by atoms with Gasteiger partial charge in [-0.25, -0.2) is 0 Å². The predicted octanol–water partition coefficient (Wildman–Crippen LogP) is 2.90. The maximum absolute atomic E-state index is 5.73. The van der Waals surface area contributed by atoms with Gasteiger partial charge in [-0.2, -0.15) is 0 Å². The third kappa shape index (κ3) is 8.61. The molecule has 1 aliphatic rings. The molecule has 3 heteroatoms. The predicted molar refractivity (Wildman–Crippen MR) is 82.7 cm³/mol. The van der Waals surface area contributed by atoms with Gasteiger partial charge in [0.25, 0.3) is 0 Å². The van der Waals surface area contributed by atoms with Gasteiger partial charge in [0.15, 0.2) is 0 Å². The largest absolute Gasteiger partial charge is 0.381 e. The Morgan fingerprint density at radius 2 is 1.79 bits per heavy atom. The summed E-state index contributed by atoms with van der Waals surface area (Å²) >= 11 is 0. The summed E-state index contributed by atoms with van der Waals surface area (Å²) in [6.45, 7) is 14.7. The zero-order chi connectivity index (χ0) is 14.0. The number of ether oxygens (including phenoxy) is 1. The molecule has 1 heterocycles. The summed E-state index contributed by atoms with van der Waals surface area (Å²) in [4.78, 5) is 2.58. The highest BCUT2D eigenvalue weighted by Gasteiger charge is 2.14. The maximum atomic E-state index is 5.73. The normalized spacial score (nSPS) is 17.2. The second-order valence-electron chi connectivity index (χ2n) is 6.58. The van der Waals surface area contributed by atoms with Crippen LogP contribution in [0, 0.1) is 5.41 Å². The smallest absolute Gasteiger partial charge is 0.0517 e. The Balaban J connectivity index is 1.78. The zero-order valence-electron chi connectivity index (χ0n) is 13.3. The van der Waals surface area contributed by atoms with Gasteiger partial charge in [-0.05, 0) is 70.2 Å². The fourth-order valence-corrected chi connectivity index (χ4v) is 2.31. The topological polar surface area (TPSA) is 24.5 Å².